The molecule has 0 aliphatic carbocycles. The van der Waals surface area contributed by atoms with E-state index in [1.54, 1.807) is 0 Å². The van der Waals surface area contributed by atoms with Crippen LogP contribution in [0.1, 0.15) is 50.9 Å². The highest BCUT2D eigenvalue weighted by Crippen LogP contribution is 2.37. The van der Waals surface area contributed by atoms with Crippen LogP contribution in [0.2, 0.25) is 0 Å². The van der Waals surface area contributed by atoms with Crippen LogP contribution in [-0.4, -0.2) is 32.4 Å². The number of fused-ring (bicyclic) bond motifs is 2. The number of aromatic amines is 1. The Hall–Kier alpha value is -2.89. The molecule has 1 aliphatic rings. The van der Waals surface area contributed by atoms with Crippen LogP contribution in [-0.2, 0) is 0 Å². The zero-order valence-electron chi connectivity index (χ0n) is 16.1. The van der Waals surface area contributed by atoms with Gasteiger partial charge in [-0.15, -0.1) is 0 Å². The molecule has 3 heterocycles. The number of carbonyl (C=O) groups is 1. The van der Waals surface area contributed by atoms with Crippen molar-refractivity contribution in [2.45, 2.75) is 52.2 Å². The van der Waals surface area contributed by atoms with Gasteiger partial charge in [-0.1, -0.05) is 13.0 Å². The highest BCUT2D eigenvalue weighted by atomic mass is 16.5. The predicted octanol–water partition coefficient (Wildman–Crippen LogP) is 4.58. The number of ether oxygens (including phenoxy) is 1. The number of H-pyrrole nitrogens is 1. The highest BCUT2D eigenvalue weighted by molar-refractivity contribution is 6.02. The summed E-state index contributed by atoms with van der Waals surface area (Å²) in [7, 11) is 0. The zero-order chi connectivity index (χ0) is 19.2. The molecule has 0 amide bonds. The van der Waals surface area contributed by atoms with E-state index in [2.05, 4.69) is 34.1 Å². The first-order valence-electron chi connectivity index (χ1n) is 9.33. The van der Waals surface area contributed by atoms with Gasteiger partial charge in [0.1, 0.15) is 17.0 Å². The maximum atomic E-state index is 12.3. The molecule has 0 saturated carbocycles. The first-order valence-corrected chi connectivity index (χ1v) is 9.33. The standard InChI is InChI=1S/C21H24N4O2/c1-5-12(2)24-20-23-11-16-15(10-22-19(16)25-20)13-6-7-14-17(26)9-21(3,4)27-18(14)8-13/h6-8,10-12H,5,9H2,1-4H3,(H2,22,23,24,25)/t12-/m0/s1. The van der Waals surface area contributed by atoms with Crippen molar-refractivity contribution in [3.8, 4) is 16.9 Å². The van der Waals surface area contributed by atoms with E-state index in [0.717, 1.165) is 28.6 Å². The molecule has 2 N–H and O–H groups in total. The van der Waals surface area contributed by atoms with Crippen LogP contribution in [0, 0.1) is 0 Å². The molecule has 27 heavy (non-hydrogen) atoms. The smallest absolute Gasteiger partial charge is 0.224 e. The second-order valence-electron chi connectivity index (χ2n) is 7.78. The fraction of sp³-hybridized carbons (Fsp3) is 0.381. The van der Waals surface area contributed by atoms with Crippen LogP contribution in [0.25, 0.3) is 22.2 Å². The summed E-state index contributed by atoms with van der Waals surface area (Å²) in [5, 5.41) is 4.22. The fourth-order valence-electron chi connectivity index (χ4n) is 3.36. The Morgan fingerprint density at radius 1 is 1.33 bits per heavy atom. The summed E-state index contributed by atoms with van der Waals surface area (Å²) in [5.74, 6) is 1.38. The van der Waals surface area contributed by atoms with E-state index in [4.69, 9.17) is 4.74 Å². The third-order valence-electron chi connectivity index (χ3n) is 4.99. The number of benzene rings is 1. The molecule has 2 aromatic heterocycles. The molecule has 0 unspecified atom stereocenters. The van der Waals surface area contributed by atoms with E-state index in [1.807, 2.05) is 44.4 Å². The second-order valence-corrected chi connectivity index (χ2v) is 7.78. The van der Waals surface area contributed by atoms with Gasteiger partial charge in [0.15, 0.2) is 5.78 Å². The summed E-state index contributed by atoms with van der Waals surface area (Å²) < 4.78 is 6.04. The Morgan fingerprint density at radius 2 is 2.15 bits per heavy atom. The summed E-state index contributed by atoms with van der Waals surface area (Å²) in [5.41, 5.74) is 2.90. The lowest BCUT2D eigenvalue weighted by Crippen LogP contribution is -2.35. The Labute approximate surface area is 158 Å². The van der Waals surface area contributed by atoms with E-state index in [0.29, 0.717) is 29.7 Å². The fourth-order valence-corrected chi connectivity index (χ4v) is 3.36. The lowest BCUT2D eigenvalue weighted by molar-refractivity contribution is 0.0620. The third-order valence-corrected chi connectivity index (χ3v) is 4.99. The van der Waals surface area contributed by atoms with Crippen molar-refractivity contribution in [2.75, 3.05) is 5.32 Å². The van der Waals surface area contributed by atoms with Gasteiger partial charge in [-0.25, -0.2) is 4.98 Å². The molecule has 1 atom stereocenters. The quantitative estimate of drug-likeness (QED) is 0.708. The van der Waals surface area contributed by atoms with Gasteiger partial charge < -0.3 is 15.0 Å². The Kier molecular flexibility index (Phi) is 4.13. The Morgan fingerprint density at radius 3 is 2.93 bits per heavy atom. The molecule has 140 valence electrons. The first kappa shape index (κ1) is 17.5. The molecule has 0 spiro atoms. The van der Waals surface area contributed by atoms with Crippen molar-refractivity contribution < 1.29 is 9.53 Å². The summed E-state index contributed by atoms with van der Waals surface area (Å²) in [4.78, 5) is 24.6. The van der Waals surface area contributed by atoms with Gasteiger partial charge >= 0.3 is 0 Å². The van der Waals surface area contributed by atoms with Gasteiger partial charge in [-0.05, 0) is 44.9 Å². The third kappa shape index (κ3) is 3.27. The minimum Gasteiger partial charge on any atom is -0.487 e. The number of anilines is 1. The molecular formula is C21H24N4O2. The normalized spacial score (nSPS) is 16.7. The molecule has 0 radical (unpaired) electrons. The Balaban J connectivity index is 1.72. The number of nitrogens with zero attached hydrogens (tertiary/aromatic N) is 2. The molecule has 1 aliphatic heterocycles. The van der Waals surface area contributed by atoms with E-state index in [-0.39, 0.29) is 5.78 Å². The summed E-state index contributed by atoms with van der Waals surface area (Å²) in [6, 6.07) is 6.05. The molecule has 6 nitrogen and oxygen atoms in total. The lowest BCUT2D eigenvalue weighted by atomic mass is 9.91. The molecule has 1 aromatic carbocycles. The minimum absolute atomic E-state index is 0.121. The molecule has 0 bridgehead atoms. The SMILES string of the molecule is CC[C@H](C)Nc1ncc2c(-c3ccc4c(c3)OC(C)(C)CC4=O)c[nH]c2n1. The van der Waals surface area contributed by atoms with Crippen LogP contribution >= 0.6 is 0 Å². The number of aromatic nitrogens is 3. The molecule has 6 heteroatoms. The van der Waals surface area contributed by atoms with Crippen LogP contribution in [0.4, 0.5) is 5.95 Å². The number of carbonyl (C=O) groups excluding carboxylic acids is 1. The van der Waals surface area contributed by atoms with E-state index >= 15 is 0 Å². The maximum absolute atomic E-state index is 12.3. The number of ketones is 1. The average Bonchev–Trinajstić information content (AvgIpc) is 3.03. The molecule has 0 fully saturated rings. The van der Waals surface area contributed by atoms with Gasteiger partial charge in [0.2, 0.25) is 5.95 Å². The largest absolute Gasteiger partial charge is 0.487 e. The van der Waals surface area contributed by atoms with E-state index in [9.17, 15) is 4.79 Å². The van der Waals surface area contributed by atoms with Gasteiger partial charge in [-0.3, -0.25) is 4.79 Å². The number of hydrogen-bond donors (Lipinski definition) is 2. The monoisotopic (exact) mass is 364 g/mol. The van der Waals surface area contributed by atoms with Gasteiger partial charge in [-0.2, -0.15) is 4.98 Å². The van der Waals surface area contributed by atoms with Crippen molar-refractivity contribution in [2.24, 2.45) is 0 Å². The number of hydrogen-bond acceptors (Lipinski definition) is 5. The lowest BCUT2D eigenvalue weighted by Gasteiger charge is -2.31. The number of nitrogens with one attached hydrogen (secondary N) is 2. The summed E-state index contributed by atoms with van der Waals surface area (Å²) >= 11 is 0. The summed E-state index contributed by atoms with van der Waals surface area (Å²) in [6.07, 6.45) is 5.14. The molecule has 4 rings (SSSR count). The number of rotatable bonds is 4. The zero-order valence-corrected chi connectivity index (χ0v) is 16.1. The minimum atomic E-state index is -0.484. The topological polar surface area (TPSA) is 79.9 Å². The molecule has 0 saturated heterocycles. The maximum Gasteiger partial charge on any atom is 0.224 e. The van der Waals surface area contributed by atoms with E-state index < -0.39 is 5.60 Å². The second kappa shape index (κ2) is 6.37. The van der Waals surface area contributed by atoms with Crippen molar-refractivity contribution >= 4 is 22.8 Å². The van der Waals surface area contributed by atoms with Gasteiger partial charge in [0.05, 0.1) is 12.0 Å². The van der Waals surface area contributed by atoms with Gasteiger partial charge in [0, 0.05) is 29.4 Å². The first-order chi connectivity index (χ1) is 12.9. The van der Waals surface area contributed by atoms with Crippen molar-refractivity contribution in [3.05, 3.63) is 36.2 Å². The van der Waals surface area contributed by atoms with Crippen molar-refractivity contribution in [1.29, 1.82) is 0 Å². The Bertz CT molecular complexity index is 1020. The van der Waals surface area contributed by atoms with Crippen LogP contribution in [0.3, 0.4) is 0 Å². The predicted molar refractivity (Wildman–Crippen MR) is 106 cm³/mol. The van der Waals surface area contributed by atoms with Crippen molar-refractivity contribution in [1.82, 2.24) is 15.0 Å². The van der Waals surface area contributed by atoms with E-state index in [1.165, 1.54) is 0 Å². The highest BCUT2D eigenvalue weighted by Gasteiger charge is 2.32. The summed E-state index contributed by atoms with van der Waals surface area (Å²) in [6.45, 7) is 8.09. The molecule has 3 aromatic rings. The van der Waals surface area contributed by atoms with Crippen LogP contribution in [0.15, 0.2) is 30.6 Å². The van der Waals surface area contributed by atoms with Gasteiger partial charge in [0.25, 0.3) is 0 Å². The number of Topliss-reactive ketones (excluding diaryl/α,β-unsaturated/α-hetero) is 1. The molecular weight excluding hydrogens is 340 g/mol. The van der Waals surface area contributed by atoms with Crippen molar-refractivity contribution in [3.63, 3.8) is 0 Å². The van der Waals surface area contributed by atoms with Crippen LogP contribution in [0.5, 0.6) is 5.75 Å². The van der Waals surface area contributed by atoms with Crippen LogP contribution < -0.4 is 10.1 Å². The average molecular weight is 364 g/mol.